The Labute approximate surface area is 234 Å². The molecule has 0 aliphatic carbocycles. The minimum atomic E-state index is -0.130. The van der Waals surface area contributed by atoms with Gasteiger partial charge in [-0.25, -0.2) is 0 Å². The summed E-state index contributed by atoms with van der Waals surface area (Å²) in [6.45, 7) is 24.4. The van der Waals surface area contributed by atoms with E-state index in [2.05, 4.69) is 81.9 Å². The van der Waals surface area contributed by atoms with Crippen LogP contribution in [0.15, 0.2) is 78.3 Å². The zero-order valence-electron chi connectivity index (χ0n) is 24.5. The summed E-state index contributed by atoms with van der Waals surface area (Å²) in [5.74, 6) is 0.302. The van der Waals surface area contributed by atoms with Gasteiger partial charge < -0.3 is 9.64 Å². The van der Waals surface area contributed by atoms with Crippen LogP contribution in [0, 0.1) is 11.8 Å². The summed E-state index contributed by atoms with van der Waals surface area (Å²) in [7, 11) is 0. The van der Waals surface area contributed by atoms with Gasteiger partial charge in [0.25, 0.3) is 0 Å². The highest BCUT2D eigenvalue weighted by molar-refractivity contribution is 7.20. The second-order valence-electron chi connectivity index (χ2n) is 10.2. The second-order valence-corrected chi connectivity index (χ2v) is 11.3. The molecule has 38 heavy (non-hydrogen) atoms. The van der Waals surface area contributed by atoms with Crippen molar-refractivity contribution >= 4 is 33.1 Å². The molecule has 5 heteroatoms. The average molecular weight is 535 g/mol. The fraction of sp³-hybridized carbons (Fsp3) is 0.455. The molecule has 2 aromatic heterocycles. The molecule has 0 fully saturated rings. The predicted molar refractivity (Wildman–Crippen MR) is 165 cm³/mol. The van der Waals surface area contributed by atoms with Crippen molar-refractivity contribution in [2.45, 2.75) is 74.1 Å². The molecule has 2 heterocycles. The smallest absolute Gasteiger partial charge is 0.306 e. The van der Waals surface area contributed by atoms with Crippen LogP contribution in [-0.4, -0.2) is 29.0 Å². The molecular weight excluding hydrogens is 488 g/mol. The number of pyridine rings is 1. The number of rotatable bonds is 15. The van der Waals surface area contributed by atoms with Crippen molar-refractivity contribution in [2.75, 3.05) is 13.2 Å². The Balaban J connectivity index is 2.80. The molecule has 0 aliphatic heterocycles. The minimum absolute atomic E-state index is 0.130. The van der Waals surface area contributed by atoms with Crippen molar-refractivity contribution in [1.29, 1.82) is 0 Å². The summed E-state index contributed by atoms with van der Waals surface area (Å²) >= 11 is 1.78. The zero-order chi connectivity index (χ0) is 28.2. The first-order chi connectivity index (χ1) is 18.1. The number of hydrogen-bond donors (Lipinski definition) is 0. The van der Waals surface area contributed by atoms with Crippen molar-refractivity contribution in [2.24, 2.45) is 11.8 Å². The summed E-state index contributed by atoms with van der Waals surface area (Å²) in [6, 6.07) is 4.33. The van der Waals surface area contributed by atoms with Gasteiger partial charge in [0.05, 0.1) is 23.6 Å². The maximum absolute atomic E-state index is 12.5. The topological polar surface area (TPSA) is 42.4 Å². The molecule has 2 aromatic rings. The number of fused-ring (bicyclic) bond motifs is 1. The first kappa shape index (κ1) is 31.3. The highest BCUT2D eigenvalue weighted by Crippen LogP contribution is 2.40. The van der Waals surface area contributed by atoms with Gasteiger partial charge in [0.1, 0.15) is 0 Å². The van der Waals surface area contributed by atoms with E-state index in [0.717, 1.165) is 35.9 Å². The third-order valence-corrected chi connectivity index (χ3v) is 7.54. The molecule has 0 saturated carbocycles. The van der Waals surface area contributed by atoms with Gasteiger partial charge in [-0.3, -0.25) is 9.78 Å². The Bertz CT molecular complexity index is 1170. The maximum Gasteiger partial charge on any atom is 0.306 e. The molecule has 1 atom stereocenters. The van der Waals surface area contributed by atoms with Crippen molar-refractivity contribution in [3.8, 4) is 0 Å². The SMILES string of the molecule is C=C(C)\C=C/C=C(CC)/C(=C(\c1cc2cnccc2s1)N(CC(CCC)CC(=O)OCC)C(=C)C)C(C)C. The van der Waals surface area contributed by atoms with Crippen molar-refractivity contribution in [3.05, 3.63) is 83.2 Å². The van der Waals surface area contributed by atoms with Crippen LogP contribution < -0.4 is 0 Å². The molecule has 206 valence electrons. The largest absolute Gasteiger partial charge is 0.466 e. The van der Waals surface area contributed by atoms with E-state index in [1.165, 1.54) is 26.4 Å². The first-order valence-corrected chi connectivity index (χ1v) is 14.6. The normalized spacial score (nSPS) is 13.6. The van der Waals surface area contributed by atoms with E-state index in [9.17, 15) is 4.79 Å². The second kappa shape index (κ2) is 15.5. The summed E-state index contributed by atoms with van der Waals surface area (Å²) in [5.41, 5.74) is 5.75. The number of esters is 1. The van der Waals surface area contributed by atoms with E-state index in [1.54, 1.807) is 11.3 Å². The summed E-state index contributed by atoms with van der Waals surface area (Å²) < 4.78 is 6.54. The number of allylic oxidation sites excluding steroid dienone is 7. The van der Waals surface area contributed by atoms with E-state index in [-0.39, 0.29) is 17.8 Å². The Morgan fingerprint density at radius 1 is 1.21 bits per heavy atom. The van der Waals surface area contributed by atoms with Crippen LogP contribution in [-0.2, 0) is 9.53 Å². The molecule has 1 unspecified atom stereocenters. The Hall–Kier alpha value is -2.92. The van der Waals surface area contributed by atoms with Gasteiger partial charge in [-0.2, -0.15) is 0 Å². The number of hydrogen-bond acceptors (Lipinski definition) is 5. The minimum Gasteiger partial charge on any atom is -0.466 e. The summed E-state index contributed by atoms with van der Waals surface area (Å²) in [5, 5.41) is 1.13. The van der Waals surface area contributed by atoms with Gasteiger partial charge >= 0.3 is 5.97 Å². The molecule has 0 bridgehead atoms. The van der Waals surface area contributed by atoms with E-state index in [4.69, 9.17) is 4.74 Å². The van der Waals surface area contributed by atoms with E-state index >= 15 is 0 Å². The zero-order valence-corrected chi connectivity index (χ0v) is 25.3. The average Bonchev–Trinajstić information content (AvgIpc) is 3.28. The predicted octanol–water partition coefficient (Wildman–Crippen LogP) is 9.34. The molecule has 0 spiro atoms. The van der Waals surface area contributed by atoms with Crippen molar-refractivity contribution < 1.29 is 9.53 Å². The maximum atomic E-state index is 12.5. The lowest BCUT2D eigenvalue weighted by atomic mass is 9.89. The number of aromatic nitrogens is 1. The van der Waals surface area contributed by atoms with Gasteiger partial charge in [0, 0.05) is 34.7 Å². The molecule has 2 rings (SSSR count). The van der Waals surface area contributed by atoms with Crippen LogP contribution in [0.5, 0.6) is 0 Å². The van der Waals surface area contributed by atoms with E-state index in [1.807, 2.05) is 32.3 Å². The number of thiophene rings is 1. The number of nitrogens with zero attached hydrogens (tertiary/aromatic N) is 2. The molecule has 0 aliphatic rings. The van der Waals surface area contributed by atoms with Crippen molar-refractivity contribution in [3.63, 3.8) is 0 Å². The van der Waals surface area contributed by atoms with Gasteiger partial charge in [0.15, 0.2) is 0 Å². The lowest BCUT2D eigenvalue weighted by molar-refractivity contribution is -0.144. The van der Waals surface area contributed by atoms with E-state index in [0.29, 0.717) is 19.6 Å². The summed E-state index contributed by atoms with van der Waals surface area (Å²) in [6.07, 6.45) is 13.4. The first-order valence-electron chi connectivity index (χ1n) is 13.8. The lowest BCUT2D eigenvalue weighted by Crippen LogP contribution is -2.30. The van der Waals surface area contributed by atoms with Gasteiger partial charge in [-0.05, 0) is 68.7 Å². The standard InChI is InChI=1S/C33H46N2O2S/c1-10-14-26(19-31(36)37-12-3)22-35(25(8)9)33(30-20-28-21-34-18-17-29(28)38-30)32(24(6)7)27(11-2)16-13-15-23(4)5/h13,15-18,20-21,24,26H,4,8,10-12,14,19,22H2,1-3,5-7,9H3/b15-13-,27-16+,33-32+. The van der Waals surface area contributed by atoms with Gasteiger partial charge in [-0.1, -0.05) is 71.1 Å². The number of ether oxygens (including phenoxy) is 1. The van der Waals surface area contributed by atoms with Crippen LogP contribution >= 0.6 is 11.3 Å². The highest BCUT2D eigenvalue weighted by atomic mass is 32.1. The van der Waals surface area contributed by atoms with Crippen molar-refractivity contribution in [1.82, 2.24) is 9.88 Å². The fourth-order valence-corrected chi connectivity index (χ4v) is 5.85. The quantitative estimate of drug-likeness (QED) is 0.169. The Morgan fingerprint density at radius 3 is 2.50 bits per heavy atom. The van der Waals surface area contributed by atoms with Gasteiger partial charge in [-0.15, -0.1) is 11.3 Å². The number of carbonyl (C=O) groups excluding carboxylic acids is 1. The van der Waals surface area contributed by atoms with Crippen LogP contribution in [0.3, 0.4) is 0 Å². The fourth-order valence-electron chi connectivity index (χ4n) is 4.75. The molecular formula is C33H46N2O2S. The molecule has 4 nitrogen and oxygen atoms in total. The molecule has 0 amide bonds. The third kappa shape index (κ3) is 8.83. The summed E-state index contributed by atoms with van der Waals surface area (Å²) in [4.78, 5) is 20.4. The number of carbonyl (C=O) groups is 1. The Kier molecular flexibility index (Phi) is 12.8. The third-order valence-electron chi connectivity index (χ3n) is 6.42. The molecule has 0 N–H and O–H groups in total. The molecule has 0 saturated heterocycles. The molecule has 0 aromatic carbocycles. The highest BCUT2D eigenvalue weighted by Gasteiger charge is 2.26. The van der Waals surface area contributed by atoms with Gasteiger partial charge in [0.2, 0.25) is 0 Å². The van der Waals surface area contributed by atoms with E-state index < -0.39 is 0 Å². The van der Waals surface area contributed by atoms with Crippen LogP contribution in [0.4, 0.5) is 0 Å². The Morgan fingerprint density at radius 2 is 1.95 bits per heavy atom. The van der Waals surface area contributed by atoms with Crippen LogP contribution in [0.1, 0.15) is 79.0 Å². The lowest BCUT2D eigenvalue weighted by Gasteiger charge is -2.34. The van der Waals surface area contributed by atoms with Crippen LogP contribution in [0.2, 0.25) is 0 Å². The monoisotopic (exact) mass is 534 g/mol. The van der Waals surface area contributed by atoms with Crippen LogP contribution in [0.25, 0.3) is 15.8 Å². The molecule has 0 radical (unpaired) electrons.